The number of ether oxygens (including phenoxy) is 1. The Morgan fingerprint density at radius 1 is 0.900 bits per heavy atom. The van der Waals surface area contributed by atoms with Gasteiger partial charge in [-0.25, -0.2) is 4.39 Å². The monoisotopic (exact) mass is 406 g/mol. The van der Waals surface area contributed by atoms with Crippen molar-refractivity contribution >= 4 is 23.2 Å². The highest BCUT2D eigenvalue weighted by Crippen LogP contribution is 2.20. The van der Waals surface area contributed by atoms with Gasteiger partial charge in [0.1, 0.15) is 11.6 Å². The molecule has 0 aliphatic heterocycles. The number of carbonyl (C=O) groups excluding carboxylic acids is 2. The van der Waals surface area contributed by atoms with E-state index in [2.05, 4.69) is 10.6 Å². The van der Waals surface area contributed by atoms with Gasteiger partial charge in [-0.1, -0.05) is 12.1 Å². The Hall–Kier alpha value is -3.67. The normalized spacial score (nSPS) is 11.5. The van der Waals surface area contributed by atoms with Gasteiger partial charge in [0, 0.05) is 16.9 Å². The van der Waals surface area contributed by atoms with Crippen LogP contribution in [0.3, 0.4) is 0 Å². The summed E-state index contributed by atoms with van der Waals surface area (Å²) in [6.45, 7) is 5.56. The van der Waals surface area contributed by atoms with Crippen LogP contribution in [-0.2, 0) is 4.79 Å². The lowest BCUT2D eigenvalue weighted by molar-refractivity contribution is -0.122. The standard InChI is InChI=1S/C24H23FN2O3/c1-15-5-4-6-22(16(15)2)27-24(29)18-7-13-21(14-8-18)30-17(3)23(28)26-20-11-9-19(25)10-12-20/h4-14,17H,1-3H3,(H,26,28)(H,27,29). The number of aryl methyl sites for hydroxylation is 1. The lowest BCUT2D eigenvalue weighted by atomic mass is 10.1. The summed E-state index contributed by atoms with van der Waals surface area (Å²) in [5.74, 6) is -0.505. The third kappa shape index (κ3) is 5.23. The topological polar surface area (TPSA) is 67.4 Å². The number of rotatable bonds is 6. The summed E-state index contributed by atoms with van der Waals surface area (Å²) in [4.78, 5) is 24.7. The van der Waals surface area contributed by atoms with Gasteiger partial charge in [0.25, 0.3) is 11.8 Å². The number of halogens is 1. The van der Waals surface area contributed by atoms with E-state index in [0.717, 1.165) is 16.8 Å². The third-order valence-electron chi connectivity index (χ3n) is 4.76. The maximum atomic E-state index is 13.0. The van der Waals surface area contributed by atoms with Crippen LogP contribution in [0.5, 0.6) is 5.75 Å². The SMILES string of the molecule is Cc1cccc(NC(=O)c2ccc(OC(C)C(=O)Nc3ccc(F)cc3)cc2)c1C. The van der Waals surface area contributed by atoms with Crippen molar-refractivity contribution in [3.8, 4) is 5.75 Å². The molecule has 6 heteroatoms. The maximum Gasteiger partial charge on any atom is 0.265 e. The smallest absolute Gasteiger partial charge is 0.265 e. The van der Waals surface area contributed by atoms with Crippen LogP contribution >= 0.6 is 0 Å². The van der Waals surface area contributed by atoms with E-state index in [1.54, 1.807) is 31.2 Å². The Morgan fingerprint density at radius 3 is 2.23 bits per heavy atom. The molecule has 30 heavy (non-hydrogen) atoms. The van der Waals surface area contributed by atoms with Crippen LogP contribution in [0.25, 0.3) is 0 Å². The van der Waals surface area contributed by atoms with Crippen molar-refractivity contribution in [3.63, 3.8) is 0 Å². The minimum atomic E-state index is -0.773. The largest absolute Gasteiger partial charge is 0.481 e. The Labute approximate surface area is 174 Å². The van der Waals surface area contributed by atoms with E-state index in [0.29, 0.717) is 17.0 Å². The molecule has 0 heterocycles. The van der Waals surface area contributed by atoms with E-state index in [1.165, 1.54) is 24.3 Å². The summed E-state index contributed by atoms with van der Waals surface area (Å²) >= 11 is 0. The Balaban J connectivity index is 1.59. The number of hydrogen-bond donors (Lipinski definition) is 2. The molecule has 0 saturated heterocycles. The lowest BCUT2D eigenvalue weighted by Crippen LogP contribution is -2.30. The summed E-state index contributed by atoms with van der Waals surface area (Å²) in [6, 6.07) is 17.8. The number of nitrogens with one attached hydrogen (secondary N) is 2. The van der Waals surface area contributed by atoms with Gasteiger partial charge < -0.3 is 15.4 Å². The highest BCUT2D eigenvalue weighted by Gasteiger charge is 2.15. The molecule has 0 aliphatic rings. The first-order valence-electron chi connectivity index (χ1n) is 9.54. The quantitative estimate of drug-likeness (QED) is 0.598. The van der Waals surface area contributed by atoms with Crippen molar-refractivity contribution in [2.24, 2.45) is 0 Å². The predicted octanol–water partition coefficient (Wildman–Crippen LogP) is 5.10. The van der Waals surface area contributed by atoms with E-state index in [9.17, 15) is 14.0 Å². The van der Waals surface area contributed by atoms with Crippen molar-refractivity contribution < 1.29 is 18.7 Å². The minimum absolute atomic E-state index is 0.225. The Kier molecular flexibility index (Phi) is 6.47. The van der Waals surface area contributed by atoms with E-state index >= 15 is 0 Å². The van der Waals surface area contributed by atoms with Gasteiger partial charge in [-0.2, -0.15) is 0 Å². The van der Waals surface area contributed by atoms with Crippen LogP contribution in [0, 0.1) is 19.7 Å². The van der Waals surface area contributed by atoms with Gasteiger partial charge in [-0.15, -0.1) is 0 Å². The summed E-state index contributed by atoms with van der Waals surface area (Å²) in [7, 11) is 0. The molecule has 154 valence electrons. The molecule has 0 bridgehead atoms. The van der Waals surface area contributed by atoms with Crippen LogP contribution in [0.2, 0.25) is 0 Å². The van der Waals surface area contributed by atoms with Gasteiger partial charge in [0.2, 0.25) is 0 Å². The van der Waals surface area contributed by atoms with Crippen molar-refractivity contribution in [1.82, 2.24) is 0 Å². The van der Waals surface area contributed by atoms with Crippen LogP contribution in [0.4, 0.5) is 15.8 Å². The van der Waals surface area contributed by atoms with Gasteiger partial charge in [-0.05, 0) is 86.5 Å². The fourth-order valence-electron chi connectivity index (χ4n) is 2.80. The summed E-state index contributed by atoms with van der Waals surface area (Å²) < 4.78 is 18.6. The zero-order chi connectivity index (χ0) is 21.7. The number of carbonyl (C=O) groups is 2. The molecule has 3 aromatic carbocycles. The first kappa shape index (κ1) is 21.0. The van der Waals surface area contributed by atoms with E-state index < -0.39 is 6.10 Å². The summed E-state index contributed by atoms with van der Waals surface area (Å²) in [5.41, 5.74) is 3.85. The second-order valence-corrected chi connectivity index (χ2v) is 6.98. The molecule has 3 aromatic rings. The second kappa shape index (κ2) is 9.22. The molecule has 1 unspecified atom stereocenters. The molecule has 0 aliphatic carbocycles. The third-order valence-corrected chi connectivity index (χ3v) is 4.76. The molecule has 0 saturated carbocycles. The zero-order valence-corrected chi connectivity index (χ0v) is 17.0. The van der Waals surface area contributed by atoms with Gasteiger partial charge in [0.05, 0.1) is 0 Å². The fraction of sp³-hybridized carbons (Fsp3) is 0.167. The number of amides is 2. The van der Waals surface area contributed by atoms with Gasteiger partial charge >= 0.3 is 0 Å². The molecule has 0 radical (unpaired) electrons. The first-order chi connectivity index (χ1) is 14.3. The molecule has 0 aromatic heterocycles. The molecular weight excluding hydrogens is 383 g/mol. The molecule has 1 atom stereocenters. The van der Waals surface area contributed by atoms with Crippen LogP contribution < -0.4 is 15.4 Å². The molecule has 2 N–H and O–H groups in total. The average Bonchev–Trinajstić information content (AvgIpc) is 2.73. The number of hydrogen-bond acceptors (Lipinski definition) is 3. The molecule has 3 rings (SSSR count). The van der Waals surface area contributed by atoms with E-state index in [1.807, 2.05) is 32.0 Å². The molecule has 0 fully saturated rings. The maximum absolute atomic E-state index is 13.0. The van der Waals surface area contributed by atoms with Crippen molar-refractivity contribution in [2.75, 3.05) is 10.6 Å². The fourth-order valence-corrected chi connectivity index (χ4v) is 2.80. The van der Waals surface area contributed by atoms with Crippen LogP contribution in [0.15, 0.2) is 66.7 Å². The Morgan fingerprint density at radius 2 is 1.57 bits per heavy atom. The van der Waals surface area contributed by atoms with Gasteiger partial charge in [-0.3, -0.25) is 9.59 Å². The molecular formula is C24H23FN2O3. The van der Waals surface area contributed by atoms with Crippen molar-refractivity contribution in [2.45, 2.75) is 26.9 Å². The average molecular weight is 406 g/mol. The lowest BCUT2D eigenvalue weighted by Gasteiger charge is -2.15. The molecule has 2 amide bonds. The highest BCUT2D eigenvalue weighted by molar-refractivity contribution is 6.04. The molecule has 0 spiro atoms. The molecule has 5 nitrogen and oxygen atoms in total. The predicted molar refractivity (Wildman–Crippen MR) is 115 cm³/mol. The van der Waals surface area contributed by atoms with Crippen LogP contribution in [0.1, 0.15) is 28.4 Å². The summed E-state index contributed by atoms with van der Waals surface area (Å²) in [6.07, 6.45) is -0.773. The Bertz CT molecular complexity index is 1050. The first-order valence-corrected chi connectivity index (χ1v) is 9.54. The van der Waals surface area contributed by atoms with E-state index in [-0.39, 0.29) is 17.6 Å². The second-order valence-electron chi connectivity index (χ2n) is 6.98. The van der Waals surface area contributed by atoms with Crippen molar-refractivity contribution in [3.05, 3.63) is 89.2 Å². The number of benzene rings is 3. The highest BCUT2D eigenvalue weighted by atomic mass is 19.1. The number of anilines is 2. The zero-order valence-electron chi connectivity index (χ0n) is 17.0. The van der Waals surface area contributed by atoms with E-state index in [4.69, 9.17) is 4.74 Å². The van der Waals surface area contributed by atoms with Crippen molar-refractivity contribution in [1.29, 1.82) is 0 Å². The van der Waals surface area contributed by atoms with Gasteiger partial charge in [0.15, 0.2) is 6.10 Å². The van der Waals surface area contributed by atoms with Crippen LogP contribution in [-0.4, -0.2) is 17.9 Å². The minimum Gasteiger partial charge on any atom is -0.481 e. The summed E-state index contributed by atoms with van der Waals surface area (Å²) in [5, 5.41) is 5.57.